The molecule has 0 saturated carbocycles. The third-order valence-corrected chi connectivity index (χ3v) is 3.39. The third kappa shape index (κ3) is 4.07. The Hall–Kier alpha value is -1.55. The molecule has 1 N–H and O–H groups in total. The Morgan fingerprint density at radius 3 is 2.94 bits per heavy atom. The van der Waals surface area contributed by atoms with E-state index in [0.29, 0.717) is 13.0 Å². The van der Waals surface area contributed by atoms with Crippen LogP contribution in [0.15, 0.2) is 40.3 Å². The molecule has 0 aromatic carbocycles. The van der Waals surface area contributed by atoms with E-state index in [1.54, 1.807) is 17.6 Å². The van der Waals surface area contributed by atoms with E-state index >= 15 is 0 Å². The summed E-state index contributed by atoms with van der Waals surface area (Å²) in [6.07, 6.45) is 3.77. The highest BCUT2D eigenvalue weighted by molar-refractivity contribution is 7.09. The number of hydrogen-bond donors (Lipinski definition) is 1. The number of thiophene rings is 1. The zero-order valence-corrected chi connectivity index (χ0v) is 10.3. The van der Waals surface area contributed by atoms with E-state index in [2.05, 4.69) is 11.4 Å². The summed E-state index contributed by atoms with van der Waals surface area (Å²) in [5, 5.41) is 4.92. The Kier molecular flexibility index (Phi) is 4.38. The van der Waals surface area contributed by atoms with E-state index in [1.165, 1.54) is 4.88 Å². The summed E-state index contributed by atoms with van der Waals surface area (Å²) in [6.45, 7) is 0.636. The van der Waals surface area contributed by atoms with Crippen LogP contribution in [0.2, 0.25) is 0 Å². The van der Waals surface area contributed by atoms with Crippen molar-refractivity contribution in [3.63, 3.8) is 0 Å². The van der Waals surface area contributed by atoms with Gasteiger partial charge in [-0.25, -0.2) is 0 Å². The molecule has 3 nitrogen and oxygen atoms in total. The number of amides is 1. The van der Waals surface area contributed by atoms with E-state index in [4.69, 9.17) is 4.42 Å². The molecule has 0 saturated heterocycles. The van der Waals surface area contributed by atoms with Crippen molar-refractivity contribution in [2.75, 3.05) is 6.54 Å². The lowest BCUT2D eigenvalue weighted by atomic mass is 10.2. The van der Waals surface area contributed by atoms with E-state index in [-0.39, 0.29) is 5.91 Å². The van der Waals surface area contributed by atoms with Gasteiger partial charge in [-0.15, -0.1) is 11.3 Å². The second-order valence-electron chi connectivity index (χ2n) is 3.76. The van der Waals surface area contributed by atoms with Crippen molar-refractivity contribution in [2.24, 2.45) is 0 Å². The van der Waals surface area contributed by atoms with Crippen LogP contribution >= 0.6 is 11.3 Å². The molecular weight excluding hydrogens is 234 g/mol. The van der Waals surface area contributed by atoms with E-state index in [0.717, 1.165) is 18.6 Å². The van der Waals surface area contributed by atoms with Gasteiger partial charge < -0.3 is 9.73 Å². The van der Waals surface area contributed by atoms with Crippen LogP contribution in [0.1, 0.15) is 17.1 Å². The molecular formula is C13H15NO2S. The van der Waals surface area contributed by atoms with E-state index < -0.39 is 0 Å². The van der Waals surface area contributed by atoms with Gasteiger partial charge in [0.05, 0.1) is 6.26 Å². The highest BCUT2D eigenvalue weighted by Gasteiger charge is 2.03. The molecule has 4 heteroatoms. The Bertz CT molecular complexity index is 434. The van der Waals surface area contributed by atoms with Gasteiger partial charge in [-0.3, -0.25) is 4.79 Å². The normalized spacial score (nSPS) is 10.4. The molecule has 0 aliphatic carbocycles. The molecule has 90 valence electrons. The molecule has 0 unspecified atom stereocenters. The van der Waals surface area contributed by atoms with E-state index in [9.17, 15) is 4.79 Å². The molecule has 0 radical (unpaired) electrons. The van der Waals surface area contributed by atoms with Crippen molar-refractivity contribution in [2.45, 2.75) is 19.3 Å². The van der Waals surface area contributed by atoms with Crippen molar-refractivity contribution in [3.05, 3.63) is 46.5 Å². The smallest absolute Gasteiger partial charge is 0.220 e. The topological polar surface area (TPSA) is 42.2 Å². The molecule has 0 aliphatic rings. The highest BCUT2D eigenvalue weighted by Crippen LogP contribution is 2.10. The molecule has 17 heavy (non-hydrogen) atoms. The van der Waals surface area contributed by atoms with Crippen molar-refractivity contribution >= 4 is 17.2 Å². The Morgan fingerprint density at radius 2 is 2.24 bits per heavy atom. The third-order valence-electron chi connectivity index (χ3n) is 2.45. The lowest BCUT2D eigenvalue weighted by molar-refractivity contribution is -0.121. The number of carbonyl (C=O) groups is 1. The SMILES string of the molecule is O=C(CCc1cccs1)NCCc1ccco1. The van der Waals surface area contributed by atoms with Crippen LogP contribution < -0.4 is 5.32 Å². The van der Waals surface area contributed by atoms with Crippen molar-refractivity contribution < 1.29 is 9.21 Å². The minimum absolute atomic E-state index is 0.102. The fourth-order valence-electron chi connectivity index (χ4n) is 1.56. The van der Waals surface area contributed by atoms with Gasteiger partial charge in [0.1, 0.15) is 5.76 Å². The molecule has 0 fully saturated rings. The first-order valence-electron chi connectivity index (χ1n) is 5.66. The first kappa shape index (κ1) is 11.9. The van der Waals surface area contributed by atoms with E-state index in [1.807, 2.05) is 23.6 Å². The quantitative estimate of drug-likeness (QED) is 0.855. The summed E-state index contributed by atoms with van der Waals surface area (Å²) >= 11 is 1.69. The van der Waals surface area contributed by atoms with Crippen molar-refractivity contribution in [3.8, 4) is 0 Å². The van der Waals surface area contributed by atoms with Crippen molar-refractivity contribution in [1.82, 2.24) is 5.32 Å². The second kappa shape index (κ2) is 6.25. The van der Waals surface area contributed by atoms with Crippen LogP contribution in [-0.4, -0.2) is 12.5 Å². The summed E-state index contributed by atoms with van der Waals surface area (Å²) in [4.78, 5) is 12.8. The van der Waals surface area contributed by atoms with Gasteiger partial charge in [-0.2, -0.15) is 0 Å². The number of nitrogens with one attached hydrogen (secondary N) is 1. The minimum atomic E-state index is 0.102. The maximum absolute atomic E-state index is 11.5. The molecule has 0 spiro atoms. The average Bonchev–Trinajstić information content (AvgIpc) is 2.99. The number of furan rings is 1. The Morgan fingerprint density at radius 1 is 1.29 bits per heavy atom. The Balaban J connectivity index is 1.61. The average molecular weight is 249 g/mol. The molecule has 1 amide bonds. The van der Waals surface area contributed by atoms with Crippen LogP contribution in [0.3, 0.4) is 0 Å². The number of hydrogen-bond acceptors (Lipinski definition) is 3. The summed E-state index contributed by atoms with van der Waals surface area (Å²) in [5.41, 5.74) is 0. The van der Waals surface area contributed by atoms with Gasteiger partial charge in [0.2, 0.25) is 5.91 Å². The molecule has 2 aromatic rings. The van der Waals surface area contributed by atoms with Crippen LogP contribution in [0.5, 0.6) is 0 Å². The predicted octanol–water partition coefficient (Wildman–Crippen LogP) is 2.63. The van der Waals surface area contributed by atoms with Crippen molar-refractivity contribution in [1.29, 1.82) is 0 Å². The summed E-state index contributed by atoms with van der Waals surface area (Å²) in [7, 11) is 0. The largest absolute Gasteiger partial charge is 0.469 e. The van der Waals surface area contributed by atoms with Crippen LogP contribution in [-0.2, 0) is 17.6 Å². The first-order valence-corrected chi connectivity index (χ1v) is 6.54. The molecule has 0 aliphatic heterocycles. The standard InChI is InChI=1S/C13H15NO2S/c15-13(6-5-12-4-2-10-17-12)14-8-7-11-3-1-9-16-11/h1-4,9-10H,5-8H2,(H,14,15). The maximum atomic E-state index is 11.5. The van der Waals surface area contributed by atoms with Gasteiger partial charge in [0.15, 0.2) is 0 Å². The molecule has 0 atom stereocenters. The van der Waals surface area contributed by atoms with Gasteiger partial charge >= 0.3 is 0 Å². The van der Waals surface area contributed by atoms with Gasteiger partial charge in [0.25, 0.3) is 0 Å². The first-order chi connectivity index (χ1) is 8.34. The number of carbonyl (C=O) groups excluding carboxylic acids is 1. The van der Waals surface area contributed by atoms with Crippen LogP contribution in [0, 0.1) is 0 Å². The molecule has 0 bridgehead atoms. The molecule has 2 aromatic heterocycles. The zero-order valence-electron chi connectivity index (χ0n) is 9.52. The monoisotopic (exact) mass is 249 g/mol. The maximum Gasteiger partial charge on any atom is 0.220 e. The van der Waals surface area contributed by atoms with Gasteiger partial charge in [-0.05, 0) is 30.0 Å². The predicted molar refractivity (Wildman–Crippen MR) is 68.1 cm³/mol. The summed E-state index contributed by atoms with van der Waals surface area (Å²) in [6, 6.07) is 7.83. The Labute approximate surface area is 104 Å². The van der Waals surface area contributed by atoms with Crippen LogP contribution in [0.25, 0.3) is 0 Å². The summed E-state index contributed by atoms with van der Waals surface area (Å²) < 4.78 is 5.18. The number of aryl methyl sites for hydroxylation is 1. The lowest BCUT2D eigenvalue weighted by Gasteiger charge is -2.03. The minimum Gasteiger partial charge on any atom is -0.469 e. The van der Waals surface area contributed by atoms with Crippen LogP contribution in [0.4, 0.5) is 0 Å². The lowest BCUT2D eigenvalue weighted by Crippen LogP contribution is -2.25. The fourth-order valence-corrected chi connectivity index (χ4v) is 2.27. The van der Waals surface area contributed by atoms with Gasteiger partial charge in [-0.1, -0.05) is 6.07 Å². The molecule has 2 rings (SSSR count). The summed E-state index contributed by atoms with van der Waals surface area (Å²) in [5.74, 6) is 1.01. The van der Waals surface area contributed by atoms with Gasteiger partial charge in [0, 0.05) is 24.3 Å². The second-order valence-corrected chi connectivity index (χ2v) is 4.79. The molecule has 2 heterocycles. The zero-order chi connectivity index (χ0) is 11.9. The number of rotatable bonds is 6. The highest BCUT2D eigenvalue weighted by atomic mass is 32.1. The fraction of sp³-hybridized carbons (Fsp3) is 0.308.